The summed E-state index contributed by atoms with van der Waals surface area (Å²) in [5, 5.41) is 2.85. The van der Waals surface area contributed by atoms with Crippen molar-refractivity contribution >= 4 is 27.3 Å². The Morgan fingerprint density at radius 3 is 2.64 bits per heavy atom. The van der Waals surface area contributed by atoms with Crippen LogP contribution in [0.15, 0.2) is 33.8 Å². The Kier molecular flexibility index (Phi) is 5.31. The second-order valence-corrected chi connectivity index (χ2v) is 9.68. The fourth-order valence-corrected chi connectivity index (χ4v) is 6.08. The number of rotatable bonds is 5. The van der Waals surface area contributed by atoms with E-state index in [0.717, 1.165) is 22.6 Å². The Balaban J connectivity index is 1.55. The molecule has 136 valence electrons. The first-order valence-corrected chi connectivity index (χ1v) is 10.5. The summed E-state index contributed by atoms with van der Waals surface area (Å²) >= 11 is 1.51. The van der Waals surface area contributed by atoms with E-state index in [2.05, 4.69) is 5.32 Å². The number of carbonyl (C=O) groups is 1. The van der Waals surface area contributed by atoms with Crippen LogP contribution in [0, 0.1) is 19.8 Å². The maximum atomic E-state index is 12.8. The Morgan fingerprint density at radius 2 is 2.08 bits per heavy atom. The van der Waals surface area contributed by atoms with Crippen LogP contribution in [0.3, 0.4) is 0 Å². The lowest BCUT2D eigenvalue weighted by atomic mass is 9.98. The van der Waals surface area contributed by atoms with Crippen LogP contribution in [0.4, 0.5) is 0 Å². The van der Waals surface area contributed by atoms with Gasteiger partial charge in [0.2, 0.25) is 10.0 Å². The minimum Gasteiger partial charge on any atom is -0.459 e. The van der Waals surface area contributed by atoms with Gasteiger partial charge in [-0.25, -0.2) is 8.42 Å². The summed E-state index contributed by atoms with van der Waals surface area (Å²) < 4.78 is 32.2. The van der Waals surface area contributed by atoms with Gasteiger partial charge in [0, 0.05) is 29.4 Å². The summed E-state index contributed by atoms with van der Waals surface area (Å²) in [6.07, 6.45) is 2.94. The summed E-state index contributed by atoms with van der Waals surface area (Å²) in [4.78, 5) is 14.2. The smallest absolute Gasteiger partial charge is 0.286 e. The number of carbonyl (C=O) groups excluding carboxylic acids is 1. The van der Waals surface area contributed by atoms with Crippen LogP contribution in [-0.2, 0) is 10.0 Å². The first-order valence-electron chi connectivity index (χ1n) is 8.27. The van der Waals surface area contributed by atoms with Crippen molar-refractivity contribution < 1.29 is 17.6 Å². The van der Waals surface area contributed by atoms with Gasteiger partial charge in [-0.3, -0.25) is 4.79 Å². The molecule has 3 heterocycles. The van der Waals surface area contributed by atoms with Gasteiger partial charge in [0.15, 0.2) is 5.76 Å². The molecule has 0 spiro atoms. The quantitative estimate of drug-likeness (QED) is 0.862. The average Bonchev–Trinajstić information content (AvgIpc) is 3.23. The predicted molar refractivity (Wildman–Crippen MR) is 96.3 cm³/mol. The predicted octanol–water partition coefficient (Wildman–Crippen LogP) is 2.79. The van der Waals surface area contributed by atoms with Gasteiger partial charge >= 0.3 is 0 Å². The molecule has 2 aromatic heterocycles. The van der Waals surface area contributed by atoms with Crippen molar-refractivity contribution in [2.75, 3.05) is 19.6 Å². The number of aryl methyl sites for hydroxylation is 2. The normalized spacial score (nSPS) is 16.9. The Bertz CT molecular complexity index is 832. The molecule has 1 saturated heterocycles. The molecule has 6 nitrogen and oxygen atoms in total. The van der Waals surface area contributed by atoms with Crippen molar-refractivity contribution in [3.05, 3.63) is 40.0 Å². The molecule has 0 aliphatic carbocycles. The van der Waals surface area contributed by atoms with Crippen molar-refractivity contribution in [1.82, 2.24) is 9.62 Å². The summed E-state index contributed by atoms with van der Waals surface area (Å²) in [6.45, 7) is 5.27. The minimum absolute atomic E-state index is 0.232. The van der Waals surface area contributed by atoms with E-state index in [0.29, 0.717) is 30.3 Å². The van der Waals surface area contributed by atoms with Gasteiger partial charge in [0.05, 0.1) is 11.2 Å². The van der Waals surface area contributed by atoms with E-state index >= 15 is 0 Å². The maximum Gasteiger partial charge on any atom is 0.286 e. The van der Waals surface area contributed by atoms with Crippen LogP contribution >= 0.6 is 11.3 Å². The number of nitrogens with zero attached hydrogens (tertiary/aromatic N) is 1. The zero-order chi connectivity index (χ0) is 18.0. The molecule has 1 aliphatic rings. The van der Waals surface area contributed by atoms with Gasteiger partial charge < -0.3 is 9.73 Å². The number of hydrogen-bond donors (Lipinski definition) is 1. The highest BCUT2D eigenvalue weighted by molar-refractivity contribution is 7.89. The van der Waals surface area contributed by atoms with Gasteiger partial charge in [-0.2, -0.15) is 4.31 Å². The Morgan fingerprint density at radius 1 is 1.36 bits per heavy atom. The molecular weight excluding hydrogens is 360 g/mol. The molecule has 3 rings (SSSR count). The van der Waals surface area contributed by atoms with Crippen LogP contribution in [0.25, 0.3) is 0 Å². The highest BCUT2D eigenvalue weighted by Crippen LogP contribution is 2.30. The second-order valence-electron chi connectivity index (χ2n) is 6.31. The summed E-state index contributed by atoms with van der Waals surface area (Å²) in [6, 6.07) is 5.05. The minimum atomic E-state index is -3.42. The third-order valence-electron chi connectivity index (χ3n) is 4.48. The van der Waals surface area contributed by atoms with Gasteiger partial charge in [0.1, 0.15) is 0 Å². The molecule has 0 radical (unpaired) electrons. The molecule has 1 amide bonds. The number of amides is 1. The van der Waals surface area contributed by atoms with Crippen molar-refractivity contribution in [1.29, 1.82) is 0 Å². The van der Waals surface area contributed by atoms with Crippen molar-refractivity contribution in [3.8, 4) is 0 Å². The number of sulfonamides is 1. The second kappa shape index (κ2) is 7.31. The molecule has 1 aliphatic heterocycles. The molecule has 0 aromatic carbocycles. The van der Waals surface area contributed by atoms with Crippen molar-refractivity contribution in [3.63, 3.8) is 0 Å². The van der Waals surface area contributed by atoms with Crippen molar-refractivity contribution in [2.45, 2.75) is 31.6 Å². The molecule has 0 saturated carbocycles. The number of nitrogens with one attached hydrogen (secondary N) is 1. The highest BCUT2D eigenvalue weighted by atomic mass is 32.2. The number of piperidine rings is 1. The lowest BCUT2D eigenvalue weighted by molar-refractivity contribution is 0.0913. The van der Waals surface area contributed by atoms with E-state index in [1.54, 1.807) is 22.5 Å². The summed E-state index contributed by atoms with van der Waals surface area (Å²) in [5.74, 6) is 0.336. The van der Waals surface area contributed by atoms with E-state index in [9.17, 15) is 13.2 Å². The molecule has 2 aromatic rings. The van der Waals surface area contributed by atoms with E-state index in [1.807, 2.05) is 13.8 Å². The molecule has 0 bridgehead atoms. The van der Waals surface area contributed by atoms with Gasteiger partial charge in [-0.05, 0) is 50.8 Å². The van der Waals surface area contributed by atoms with E-state index in [4.69, 9.17) is 4.42 Å². The molecular formula is C17H22N2O4S2. The zero-order valence-corrected chi connectivity index (χ0v) is 16.0. The van der Waals surface area contributed by atoms with Crippen LogP contribution in [0.5, 0.6) is 0 Å². The monoisotopic (exact) mass is 382 g/mol. The Labute approximate surface area is 151 Å². The number of hydrogen-bond acceptors (Lipinski definition) is 5. The lowest BCUT2D eigenvalue weighted by Gasteiger charge is -2.31. The van der Waals surface area contributed by atoms with E-state index < -0.39 is 10.0 Å². The molecule has 0 unspecified atom stereocenters. The Hall–Kier alpha value is -1.64. The largest absolute Gasteiger partial charge is 0.459 e. The maximum absolute atomic E-state index is 12.8. The zero-order valence-electron chi connectivity index (χ0n) is 14.3. The standard InChI is InChI=1S/C17H22N2O4S2/c1-12-10-16(13(2)24-12)25(21,22)19-7-5-14(6-8-19)11-18-17(20)15-4-3-9-23-15/h3-4,9-10,14H,5-8,11H2,1-2H3,(H,18,20). The molecule has 1 fully saturated rings. The lowest BCUT2D eigenvalue weighted by Crippen LogP contribution is -2.41. The number of thiophene rings is 1. The summed E-state index contributed by atoms with van der Waals surface area (Å²) in [7, 11) is -3.42. The SMILES string of the molecule is Cc1cc(S(=O)(=O)N2CCC(CNC(=O)c3ccco3)CC2)c(C)s1. The first-order chi connectivity index (χ1) is 11.9. The first kappa shape index (κ1) is 18.2. The topological polar surface area (TPSA) is 79.6 Å². The summed E-state index contributed by atoms with van der Waals surface area (Å²) in [5.41, 5.74) is 0. The average molecular weight is 383 g/mol. The third-order valence-corrected chi connectivity index (χ3v) is 7.60. The van der Waals surface area contributed by atoms with E-state index in [1.165, 1.54) is 17.6 Å². The van der Waals surface area contributed by atoms with Gasteiger partial charge in [0.25, 0.3) is 5.91 Å². The number of furan rings is 1. The van der Waals surface area contributed by atoms with Crippen molar-refractivity contribution in [2.24, 2.45) is 5.92 Å². The fraction of sp³-hybridized carbons (Fsp3) is 0.471. The fourth-order valence-electron chi connectivity index (χ4n) is 3.09. The molecule has 0 atom stereocenters. The molecule has 8 heteroatoms. The van der Waals surface area contributed by atoms with Crippen LogP contribution in [0.2, 0.25) is 0 Å². The van der Waals surface area contributed by atoms with E-state index in [-0.39, 0.29) is 11.8 Å². The molecule has 25 heavy (non-hydrogen) atoms. The van der Waals surface area contributed by atoms with Gasteiger partial charge in [-0.15, -0.1) is 11.3 Å². The molecule has 1 N–H and O–H groups in total. The van der Waals surface area contributed by atoms with Crippen LogP contribution in [0.1, 0.15) is 33.2 Å². The third kappa shape index (κ3) is 3.96. The van der Waals surface area contributed by atoms with Crippen LogP contribution < -0.4 is 5.32 Å². The van der Waals surface area contributed by atoms with Gasteiger partial charge in [-0.1, -0.05) is 0 Å². The highest BCUT2D eigenvalue weighted by Gasteiger charge is 2.31. The van der Waals surface area contributed by atoms with Crippen LogP contribution in [-0.4, -0.2) is 38.3 Å².